The average molecular weight is 382 g/mol. The zero-order valence-corrected chi connectivity index (χ0v) is 15.0. The Kier molecular flexibility index (Phi) is 6.82. The highest BCUT2D eigenvalue weighted by atomic mass is 32.2. The molecule has 0 radical (unpaired) electrons. The summed E-state index contributed by atoms with van der Waals surface area (Å²) < 4.78 is 51.3. The molecule has 1 atom stereocenters. The summed E-state index contributed by atoms with van der Waals surface area (Å²) in [6, 6.07) is 11.3. The third-order valence-electron chi connectivity index (χ3n) is 3.92. The average Bonchev–Trinajstić information content (AvgIpc) is 2.62. The van der Waals surface area contributed by atoms with Crippen molar-refractivity contribution < 1.29 is 22.0 Å². The van der Waals surface area contributed by atoms with Crippen molar-refractivity contribution in [2.45, 2.75) is 12.3 Å². The van der Waals surface area contributed by atoms with Crippen LogP contribution in [0.2, 0.25) is 0 Å². The van der Waals surface area contributed by atoms with Crippen LogP contribution in [0.3, 0.4) is 0 Å². The quantitative estimate of drug-likeness (QED) is 0.733. The lowest BCUT2D eigenvalue weighted by Crippen LogP contribution is -2.36. The molecule has 0 heterocycles. The Morgan fingerprint density at radius 2 is 1.54 bits per heavy atom. The second-order valence-electron chi connectivity index (χ2n) is 5.75. The van der Waals surface area contributed by atoms with Gasteiger partial charge in [0.05, 0.1) is 11.7 Å². The molecular weight excluding hydrogens is 362 g/mol. The lowest BCUT2D eigenvalue weighted by atomic mass is 9.91. The highest BCUT2D eigenvalue weighted by Crippen LogP contribution is 2.22. The van der Waals surface area contributed by atoms with E-state index in [9.17, 15) is 22.0 Å². The molecule has 0 saturated heterocycles. The van der Waals surface area contributed by atoms with Crippen molar-refractivity contribution in [3.05, 3.63) is 71.3 Å². The predicted molar refractivity (Wildman–Crippen MR) is 95.1 cm³/mol. The van der Waals surface area contributed by atoms with E-state index in [1.807, 2.05) is 0 Å². The number of hydrogen-bond donors (Lipinski definition) is 2. The van der Waals surface area contributed by atoms with Gasteiger partial charge in [-0.1, -0.05) is 24.3 Å². The van der Waals surface area contributed by atoms with Gasteiger partial charge in [-0.3, -0.25) is 4.79 Å². The zero-order valence-electron chi connectivity index (χ0n) is 14.2. The van der Waals surface area contributed by atoms with Crippen molar-refractivity contribution in [3.8, 4) is 0 Å². The molecule has 0 aliphatic rings. The Hall–Kier alpha value is -2.32. The molecule has 2 aromatic rings. The van der Waals surface area contributed by atoms with Gasteiger partial charge in [0.2, 0.25) is 15.9 Å². The number of benzene rings is 2. The maximum absolute atomic E-state index is 13.2. The second kappa shape index (κ2) is 8.86. The SMILES string of the molecule is CNS(=O)(=O)CCNC(=O)C(Cc1ccc(F)cc1)c1ccc(F)cc1. The topological polar surface area (TPSA) is 75.3 Å². The van der Waals surface area contributed by atoms with Crippen LogP contribution in [0.1, 0.15) is 17.0 Å². The molecule has 5 nitrogen and oxygen atoms in total. The standard InChI is InChI=1S/C18H20F2N2O3S/c1-21-26(24,25)11-10-22-18(23)17(14-4-8-16(20)9-5-14)12-13-2-6-15(19)7-3-13/h2-9,17,21H,10-12H2,1H3,(H,22,23). The molecule has 1 unspecified atom stereocenters. The van der Waals surface area contributed by atoms with E-state index in [4.69, 9.17) is 0 Å². The summed E-state index contributed by atoms with van der Waals surface area (Å²) in [5.74, 6) is -2.09. The van der Waals surface area contributed by atoms with Crippen LogP contribution in [0.15, 0.2) is 48.5 Å². The molecule has 0 aromatic heterocycles. The third kappa shape index (κ3) is 5.89. The monoisotopic (exact) mass is 382 g/mol. The van der Waals surface area contributed by atoms with Crippen LogP contribution < -0.4 is 10.0 Å². The minimum Gasteiger partial charge on any atom is -0.354 e. The van der Waals surface area contributed by atoms with Gasteiger partial charge in [-0.25, -0.2) is 21.9 Å². The van der Waals surface area contributed by atoms with Crippen molar-refractivity contribution in [1.29, 1.82) is 0 Å². The number of hydrogen-bond acceptors (Lipinski definition) is 3. The van der Waals surface area contributed by atoms with Gasteiger partial charge in [-0.15, -0.1) is 0 Å². The summed E-state index contributed by atoms with van der Waals surface area (Å²) in [7, 11) is -2.13. The van der Waals surface area contributed by atoms with Crippen LogP contribution >= 0.6 is 0 Å². The van der Waals surface area contributed by atoms with E-state index in [1.54, 1.807) is 12.1 Å². The van der Waals surface area contributed by atoms with Crippen LogP contribution in [-0.2, 0) is 21.2 Å². The minimum absolute atomic E-state index is 0.0525. The first-order chi connectivity index (χ1) is 12.3. The summed E-state index contributed by atoms with van der Waals surface area (Å²) in [5.41, 5.74) is 1.32. The Balaban J connectivity index is 2.15. The minimum atomic E-state index is -3.43. The first kappa shape index (κ1) is 20.0. The van der Waals surface area contributed by atoms with Crippen LogP contribution in [0, 0.1) is 11.6 Å². The van der Waals surface area contributed by atoms with Crippen molar-refractivity contribution in [2.75, 3.05) is 19.3 Å². The Labute approximate surface area is 151 Å². The Morgan fingerprint density at radius 3 is 2.08 bits per heavy atom. The van der Waals surface area contributed by atoms with Gasteiger partial charge in [0, 0.05) is 6.54 Å². The van der Waals surface area contributed by atoms with Gasteiger partial charge in [-0.2, -0.15) is 0 Å². The van der Waals surface area contributed by atoms with E-state index in [-0.39, 0.29) is 30.4 Å². The van der Waals surface area contributed by atoms with E-state index in [0.717, 1.165) is 5.56 Å². The summed E-state index contributed by atoms with van der Waals surface area (Å²) in [4.78, 5) is 12.6. The molecule has 0 saturated carbocycles. The molecule has 0 bridgehead atoms. The summed E-state index contributed by atoms with van der Waals surface area (Å²) in [6.07, 6.45) is 0.274. The van der Waals surface area contributed by atoms with Crippen molar-refractivity contribution in [3.63, 3.8) is 0 Å². The van der Waals surface area contributed by atoms with Crippen LogP contribution in [0.4, 0.5) is 8.78 Å². The van der Waals surface area contributed by atoms with Crippen LogP contribution in [0.5, 0.6) is 0 Å². The fourth-order valence-electron chi connectivity index (χ4n) is 2.45. The van der Waals surface area contributed by atoms with E-state index in [0.29, 0.717) is 5.56 Å². The third-order valence-corrected chi connectivity index (χ3v) is 5.29. The number of nitrogens with one attached hydrogen (secondary N) is 2. The smallest absolute Gasteiger partial charge is 0.227 e. The lowest BCUT2D eigenvalue weighted by Gasteiger charge is -2.18. The molecule has 0 aliphatic carbocycles. The zero-order chi connectivity index (χ0) is 19.2. The summed E-state index contributed by atoms with van der Waals surface area (Å²) in [6.45, 7) is -0.0525. The molecule has 140 valence electrons. The van der Waals surface area contributed by atoms with Gasteiger partial charge >= 0.3 is 0 Å². The molecule has 2 aromatic carbocycles. The maximum Gasteiger partial charge on any atom is 0.227 e. The number of sulfonamides is 1. The summed E-state index contributed by atoms with van der Waals surface area (Å²) in [5, 5.41) is 2.59. The Morgan fingerprint density at radius 1 is 1.00 bits per heavy atom. The number of carbonyl (C=O) groups is 1. The molecule has 2 rings (SSSR count). The highest BCUT2D eigenvalue weighted by Gasteiger charge is 2.21. The van der Waals surface area contributed by atoms with Gasteiger partial charge < -0.3 is 5.32 Å². The van der Waals surface area contributed by atoms with Crippen LogP contribution in [-0.4, -0.2) is 33.7 Å². The van der Waals surface area contributed by atoms with Gasteiger partial charge in [0.1, 0.15) is 11.6 Å². The van der Waals surface area contributed by atoms with Crippen molar-refractivity contribution in [2.24, 2.45) is 0 Å². The van der Waals surface area contributed by atoms with Crippen molar-refractivity contribution in [1.82, 2.24) is 10.0 Å². The van der Waals surface area contributed by atoms with E-state index in [1.165, 1.54) is 43.4 Å². The normalized spacial score (nSPS) is 12.6. The first-order valence-electron chi connectivity index (χ1n) is 7.99. The molecule has 0 aliphatic heterocycles. The summed E-state index contributed by atoms with van der Waals surface area (Å²) >= 11 is 0. The molecule has 0 spiro atoms. The highest BCUT2D eigenvalue weighted by molar-refractivity contribution is 7.89. The van der Waals surface area contributed by atoms with Gasteiger partial charge in [-0.05, 0) is 48.9 Å². The number of halogens is 2. The fourth-order valence-corrected chi connectivity index (χ4v) is 3.02. The molecule has 8 heteroatoms. The van der Waals surface area contributed by atoms with E-state index >= 15 is 0 Å². The number of amides is 1. The second-order valence-corrected chi connectivity index (χ2v) is 7.79. The predicted octanol–water partition coefficient (Wildman–Crippen LogP) is 1.96. The molecule has 26 heavy (non-hydrogen) atoms. The number of carbonyl (C=O) groups excluding carboxylic acids is 1. The largest absolute Gasteiger partial charge is 0.354 e. The molecule has 0 fully saturated rings. The molecular formula is C18H20F2N2O3S. The Bertz CT molecular complexity index is 838. The first-order valence-corrected chi connectivity index (χ1v) is 9.65. The van der Waals surface area contributed by atoms with Gasteiger partial charge in [0.25, 0.3) is 0 Å². The van der Waals surface area contributed by atoms with E-state index in [2.05, 4.69) is 10.0 Å². The molecule has 2 N–H and O–H groups in total. The lowest BCUT2D eigenvalue weighted by molar-refractivity contribution is -0.122. The maximum atomic E-state index is 13.2. The van der Waals surface area contributed by atoms with Crippen LogP contribution in [0.25, 0.3) is 0 Å². The molecule has 1 amide bonds. The van der Waals surface area contributed by atoms with Gasteiger partial charge in [0.15, 0.2) is 0 Å². The fraction of sp³-hybridized carbons (Fsp3) is 0.278. The number of rotatable bonds is 8. The van der Waals surface area contributed by atoms with Crippen molar-refractivity contribution >= 4 is 15.9 Å². The van der Waals surface area contributed by atoms with E-state index < -0.39 is 21.8 Å².